The molecule has 1 aromatic rings. The number of amides is 1. The quantitative estimate of drug-likeness (QED) is 0.364. The molecule has 1 aliphatic carbocycles. The van der Waals surface area contributed by atoms with Gasteiger partial charge in [0.1, 0.15) is 0 Å². The van der Waals surface area contributed by atoms with Crippen molar-refractivity contribution in [2.75, 3.05) is 13.1 Å². The van der Waals surface area contributed by atoms with Crippen LogP contribution in [0.25, 0.3) is 0 Å². The van der Waals surface area contributed by atoms with Crippen LogP contribution in [0.3, 0.4) is 0 Å². The van der Waals surface area contributed by atoms with Crippen LogP contribution < -0.4 is 5.32 Å². The van der Waals surface area contributed by atoms with Crippen LogP contribution in [0.1, 0.15) is 108 Å². The molecule has 3 rings (SSSR count). The summed E-state index contributed by atoms with van der Waals surface area (Å²) in [6.07, 6.45) is 7.31. The first-order valence-electron chi connectivity index (χ1n) is 14.7. The van der Waals surface area contributed by atoms with Crippen LogP contribution >= 0.6 is 0 Å². The number of nitrogens with one attached hydrogen (secondary N) is 1. The molecule has 0 radical (unpaired) electrons. The summed E-state index contributed by atoms with van der Waals surface area (Å²) in [6.45, 7) is 18.2. The Morgan fingerprint density at radius 3 is 2.41 bits per heavy atom. The lowest BCUT2D eigenvalue weighted by molar-refractivity contribution is -0.134. The van der Waals surface area contributed by atoms with E-state index in [-0.39, 0.29) is 41.4 Å². The summed E-state index contributed by atoms with van der Waals surface area (Å²) in [7, 11) is 0. The van der Waals surface area contributed by atoms with Gasteiger partial charge in [0, 0.05) is 30.6 Å². The second kappa shape index (κ2) is 12.9. The number of Topliss-reactive ketones (excluding diaryl/α,β-unsaturated/α-hetero) is 1. The highest BCUT2D eigenvalue weighted by atomic mass is 16.5. The lowest BCUT2D eigenvalue weighted by Crippen LogP contribution is -2.59. The fourth-order valence-corrected chi connectivity index (χ4v) is 6.45. The molecular formula is C32H52N2O3. The number of ether oxygens (including phenoxy) is 1. The van der Waals surface area contributed by atoms with E-state index < -0.39 is 0 Å². The smallest absolute Gasteiger partial charge is 0.237 e. The Bertz CT molecular complexity index is 919. The molecule has 2 aliphatic rings. The molecule has 2 fully saturated rings. The zero-order chi connectivity index (χ0) is 27.3. The molecule has 0 unspecified atom stereocenters. The third kappa shape index (κ3) is 8.13. The van der Waals surface area contributed by atoms with E-state index in [1.807, 2.05) is 19.1 Å². The number of carbonyl (C=O) groups is 2. The van der Waals surface area contributed by atoms with Gasteiger partial charge in [-0.1, -0.05) is 50.8 Å². The zero-order valence-corrected chi connectivity index (χ0v) is 24.7. The number of nitrogens with zero attached hydrogens (tertiary/aromatic N) is 1. The molecule has 0 spiro atoms. The Morgan fingerprint density at radius 1 is 1.11 bits per heavy atom. The van der Waals surface area contributed by atoms with Gasteiger partial charge in [-0.05, 0) is 90.2 Å². The summed E-state index contributed by atoms with van der Waals surface area (Å²) >= 11 is 0. The molecule has 1 amide bonds. The maximum absolute atomic E-state index is 13.5. The summed E-state index contributed by atoms with van der Waals surface area (Å²) in [6, 6.07) is 5.86. The predicted octanol–water partition coefficient (Wildman–Crippen LogP) is 6.49. The van der Waals surface area contributed by atoms with Gasteiger partial charge in [0.05, 0.1) is 18.2 Å². The Labute approximate surface area is 226 Å². The van der Waals surface area contributed by atoms with Gasteiger partial charge in [-0.3, -0.25) is 14.5 Å². The number of benzene rings is 1. The molecule has 0 bridgehead atoms. The number of fused-ring (bicyclic) bond motifs is 1. The van der Waals surface area contributed by atoms with Gasteiger partial charge >= 0.3 is 0 Å². The number of ketones is 1. The summed E-state index contributed by atoms with van der Waals surface area (Å²) in [5, 5.41) is 3.26. The molecule has 1 N–H and O–H groups in total. The minimum Gasteiger partial charge on any atom is -0.374 e. The Kier molecular flexibility index (Phi) is 10.4. The van der Waals surface area contributed by atoms with Crippen molar-refractivity contribution >= 4 is 11.7 Å². The van der Waals surface area contributed by atoms with Crippen LogP contribution in [0.4, 0.5) is 0 Å². The third-order valence-electron chi connectivity index (χ3n) is 8.57. The van der Waals surface area contributed by atoms with Gasteiger partial charge in [-0.25, -0.2) is 0 Å². The van der Waals surface area contributed by atoms with E-state index in [2.05, 4.69) is 64.7 Å². The van der Waals surface area contributed by atoms with Crippen molar-refractivity contribution in [3.63, 3.8) is 0 Å². The van der Waals surface area contributed by atoms with Crippen LogP contribution in [0.5, 0.6) is 0 Å². The van der Waals surface area contributed by atoms with Gasteiger partial charge in [0.15, 0.2) is 5.78 Å². The fourth-order valence-electron chi connectivity index (χ4n) is 6.45. The second-order valence-corrected chi connectivity index (χ2v) is 13.0. The van der Waals surface area contributed by atoms with Crippen LogP contribution in [0.2, 0.25) is 0 Å². The predicted molar refractivity (Wildman–Crippen MR) is 152 cm³/mol. The number of carbonyl (C=O) groups excluding carboxylic acids is 2. The maximum Gasteiger partial charge on any atom is 0.237 e. The normalized spacial score (nSPS) is 24.4. The molecule has 1 saturated heterocycles. The first-order chi connectivity index (χ1) is 17.4. The van der Waals surface area contributed by atoms with Gasteiger partial charge in [0.2, 0.25) is 5.91 Å². The minimum atomic E-state index is -0.260. The number of likely N-dealkylation sites (tertiary alicyclic amines) is 1. The van der Waals surface area contributed by atoms with Crippen molar-refractivity contribution < 1.29 is 14.3 Å². The van der Waals surface area contributed by atoms with E-state index in [1.165, 1.54) is 25.7 Å². The molecule has 37 heavy (non-hydrogen) atoms. The second-order valence-electron chi connectivity index (χ2n) is 13.0. The van der Waals surface area contributed by atoms with Crippen LogP contribution in [0.15, 0.2) is 18.2 Å². The van der Waals surface area contributed by atoms with Crippen molar-refractivity contribution in [2.24, 2.45) is 17.8 Å². The van der Waals surface area contributed by atoms with Crippen molar-refractivity contribution in [3.8, 4) is 0 Å². The first kappa shape index (κ1) is 29.8. The largest absolute Gasteiger partial charge is 0.374 e. The summed E-state index contributed by atoms with van der Waals surface area (Å²) in [5.74, 6) is 1.73. The highest BCUT2D eigenvalue weighted by molar-refractivity contribution is 5.97. The molecule has 1 saturated carbocycles. The molecular weight excluding hydrogens is 460 g/mol. The van der Waals surface area contributed by atoms with Gasteiger partial charge in [0.25, 0.3) is 0 Å². The molecule has 5 heteroatoms. The summed E-state index contributed by atoms with van der Waals surface area (Å²) in [5.41, 5.74) is 2.79. The summed E-state index contributed by atoms with van der Waals surface area (Å²) < 4.78 is 6.54. The van der Waals surface area contributed by atoms with Crippen molar-refractivity contribution in [2.45, 2.75) is 124 Å². The highest BCUT2D eigenvalue weighted by Crippen LogP contribution is 2.39. The maximum atomic E-state index is 13.5. The first-order valence-corrected chi connectivity index (χ1v) is 14.7. The van der Waals surface area contributed by atoms with E-state index in [1.54, 1.807) is 0 Å². The third-order valence-corrected chi connectivity index (χ3v) is 8.57. The van der Waals surface area contributed by atoms with Crippen LogP contribution in [-0.4, -0.2) is 53.5 Å². The van der Waals surface area contributed by atoms with Crippen molar-refractivity contribution in [1.82, 2.24) is 10.2 Å². The van der Waals surface area contributed by atoms with Crippen LogP contribution in [0, 0.1) is 31.6 Å². The zero-order valence-electron chi connectivity index (χ0n) is 24.7. The average molecular weight is 513 g/mol. The number of rotatable bonds is 10. The average Bonchev–Trinajstić information content (AvgIpc) is 2.81. The van der Waals surface area contributed by atoms with Gasteiger partial charge in [-0.15, -0.1) is 0 Å². The van der Waals surface area contributed by atoms with Gasteiger partial charge in [-0.2, -0.15) is 0 Å². The van der Waals surface area contributed by atoms with E-state index in [9.17, 15) is 9.59 Å². The molecule has 5 atom stereocenters. The molecule has 0 aromatic heterocycles. The molecule has 208 valence electrons. The van der Waals surface area contributed by atoms with E-state index in [0.717, 1.165) is 36.1 Å². The standard InChI is InChI=1S/C32H52N2O3/c1-9-24(18-29(35)27-16-12-13-22(4)23(27)5)30(37-21(2)3)20-34-19-26-15-11-10-14-25(26)17-28(34)31(36)33-32(6,7)8/h12-13,16,21,24-26,28,30H,9-11,14-15,17-20H2,1-8H3,(H,33,36)/t24-,25+,26-,28+,30-/m1/s1. The van der Waals surface area contributed by atoms with Gasteiger partial charge < -0.3 is 10.1 Å². The van der Waals surface area contributed by atoms with E-state index in [0.29, 0.717) is 24.8 Å². The van der Waals surface area contributed by atoms with E-state index in [4.69, 9.17) is 4.74 Å². The Hall–Kier alpha value is -1.72. The Morgan fingerprint density at radius 2 is 1.78 bits per heavy atom. The van der Waals surface area contributed by atoms with Crippen LogP contribution in [-0.2, 0) is 9.53 Å². The number of aryl methyl sites for hydroxylation is 1. The van der Waals surface area contributed by atoms with Crippen molar-refractivity contribution in [1.29, 1.82) is 0 Å². The lowest BCUT2D eigenvalue weighted by Gasteiger charge is -2.47. The fraction of sp³-hybridized carbons (Fsp3) is 0.750. The molecule has 5 nitrogen and oxygen atoms in total. The highest BCUT2D eigenvalue weighted by Gasteiger charge is 2.42. The minimum absolute atomic E-state index is 0.0592. The lowest BCUT2D eigenvalue weighted by atomic mass is 9.72. The molecule has 1 aliphatic heterocycles. The van der Waals surface area contributed by atoms with Crippen molar-refractivity contribution in [3.05, 3.63) is 34.9 Å². The number of hydrogen-bond acceptors (Lipinski definition) is 4. The summed E-state index contributed by atoms with van der Waals surface area (Å²) in [4.78, 5) is 29.4. The monoisotopic (exact) mass is 512 g/mol. The Balaban J connectivity index is 1.83. The molecule has 1 heterocycles. The topological polar surface area (TPSA) is 58.6 Å². The van der Waals surface area contributed by atoms with E-state index >= 15 is 0 Å². The molecule has 1 aromatic carbocycles. The SMILES string of the molecule is CC[C@H](CC(=O)c1cccc(C)c1C)[C@@H](CN1C[C@H]2CCCC[C@H]2C[C@H]1C(=O)NC(C)(C)C)OC(C)C. The number of hydrogen-bond donors (Lipinski definition) is 1. The number of piperidine rings is 1.